The summed E-state index contributed by atoms with van der Waals surface area (Å²) in [4.78, 5) is 10.4. The summed E-state index contributed by atoms with van der Waals surface area (Å²) in [6.07, 6.45) is 4.30. The number of allylic oxidation sites excluding steroid dienone is 4. The summed E-state index contributed by atoms with van der Waals surface area (Å²) >= 11 is 0. The van der Waals surface area contributed by atoms with E-state index in [2.05, 4.69) is 18.2 Å². The van der Waals surface area contributed by atoms with Crippen LogP contribution in [0.2, 0.25) is 0 Å². The molecule has 2 aliphatic carbocycles. The molecule has 0 saturated carbocycles. The van der Waals surface area contributed by atoms with E-state index in [-0.39, 0.29) is 22.9 Å². The largest absolute Gasteiger partial charge is 0.399 e. The van der Waals surface area contributed by atoms with Crippen molar-refractivity contribution in [3.05, 3.63) is 62.9 Å². The summed E-state index contributed by atoms with van der Waals surface area (Å²) in [6.45, 7) is 0. The lowest BCUT2D eigenvalue weighted by atomic mass is 9.56. The van der Waals surface area contributed by atoms with Crippen molar-refractivity contribution in [2.24, 2.45) is 17.6 Å². The van der Waals surface area contributed by atoms with E-state index in [1.54, 1.807) is 0 Å². The Labute approximate surface area is 150 Å². The van der Waals surface area contributed by atoms with Gasteiger partial charge < -0.3 is 5.73 Å². The molecule has 128 valence electrons. The lowest BCUT2D eigenvalue weighted by Gasteiger charge is -2.43. The van der Waals surface area contributed by atoms with Crippen LogP contribution in [0.25, 0.3) is 0 Å². The Hall–Kier alpha value is -3.63. The number of non-ortho nitro benzene ring substituents is 1. The van der Waals surface area contributed by atoms with Crippen LogP contribution in [0.3, 0.4) is 0 Å². The molecule has 26 heavy (non-hydrogen) atoms. The van der Waals surface area contributed by atoms with Gasteiger partial charge in [-0.2, -0.15) is 15.8 Å². The highest BCUT2D eigenvalue weighted by Crippen LogP contribution is 2.52. The van der Waals surface area contributed by atoms with E-state index < -0.39 is 16.3 Å². The molecule has 0 bridgehead atoms. The molecule has 0 aromatic heterocycles. The summed E-state index contributed by atoms with van der Waals surface area (Å²) in [5, 5.41) is 40.5. The Morgan fingerprint density at radius 2 is 1.92 bits per heavy atom. The minimum atomic E-state index is -1.51. The van der Waals surface area contributed by atoms with Crippen LogP contribution in [0.5, 0.6) is 0 Å². The molecule has 0 saturated heterocycles. The fraction of sp³-hybridized carbons (Fsp3) is 0.316. The predicted molar refractivity (Wildman–Crippen MR) is 91.7 cm³/mol. The molecule has 7 nitrogen and oxygen atoms in total. The smallest absolute Gasteiger partial charge is 0.269 e. The van der Waals surface area contributed by atoms with Crippen LogP contribution in [0.1, 0.15) is 24.8 Å². The molecule has 0 amide bonds. The minimum absolute atomic E-state index is 0.0484. The minimum Gasteiger partial charge on any atom is -0.399 e. The van der Waals surface area contributed by atoms with E-state index in [0.717, 1.165) is 18.4 Å². The van der Waals surface area contributed by atoms with Crippen molar-refractivity contribution in [3.63, 3.8) is 0 Å². The zero-order valence-corrected chi connectivity index (χ0v) is 13.8. The van der Waals surface area contributed by atoms with Crippen LogP contribution in [-0.4, -0.2) is 4.92 Å². The molecule has 3 rings (SSSR count). The van der Waals surface area contributed by atoms with Gasteiger partial charge in [0.15, 0.2) is 0 Å². The highest BCUT2D eigenvalue weighted by atomic mass is 16.6. The molecule has 2 N–H and O–H groups in total. The maximum absolute atomic E-state index is 10.9. The van der Waals surface area contributed by atoms with E-state index in [4.69, 9.17) is 5.73 Å². The van der Waals surface area contributed by atoms with Gasteiger partial charge in [-0.1, -0.05) is 18.2 Å². The fourth-order valence-corrected chi connectivity index (χ4v) is 4.04. The molecule has 1 aromatic carbocycles. The van der Waals surface area contributed by atoms with Gasteiger partial charge >= 0.3 is 0 Å². The zero-order chi connectivity index (χ0) is 18.9. The molecule has 3 atom stereocenters. The summed E-state index contributed by atoms with van der Waals surface area (Å²) in [5.74, 6) is -1.02. The first-order valence-corrected chi connectivity index (χ1v) is 8.17. The number of hydrogen-bond donors (Lipinski definition) is 1. The highest BCUT2D eigenvalue weighted by Gasteiger charge is 2.54. The first-order valence-electron chi connectivity index (χ1n) is 8.17. The lowest BCUT2D eigenvalue weighted by Crippen LogP contribution is -2.47. The van der Waals surface area contributed by atoms with Crippen molar-refractivity contribution in [1.82, 2.24) is 0 Å². The third kappa shape index (κ3) is 2.24. The average molecular weight is 345 g/mol. The van der Waals surface area contributed by atoms with Gasteiger partial charge in [0, 0.05) is 18.1 Å². The number of fused-ring (bicyclic) bond motifs is 1. The molecule has 0 spiro atoms. The van der Waals surface area contributed by atoms with Gasteiger partial charge in [0.1, 0.15) is 11.5 Å². The SMILES string of the molecule is N#CC1=C(N)C(C#N)(c2ccc([N+](=O)[O-])cc2)C(C#N)C2CCCC=C12. The quantitative estimate of drug-likeness (QED) is 0.645. The van der Waals surface area contributed by atoms with Crippen molar-refractivity contribution < 1.29 is 4.92 Å². The van der Waals surface area contributed by atoms with Crippen molar-refractivity contribution in [1.29, 1.82) is 15.8 Å². The molecule has 3 unspecified atom stereocenters. The fourth-order valence-electron chi connectivity index (χ4n) is 4.04. The Balaban J connectivity index is 2.30. The second-order valence-corrected chi connectivity index (χ2v) is 6.43. The monoisotopic (exact) mass is 345 g/mol. The predicted octanol–water partition coefficient (Wildman–Crippen LogP) is 2.97. The third-order valence-corrected chi connectivity index (χ3v) is 5.30. The van der Waals surface area contributed by atoms with E-state index >= 15 is 0 Å². The lowest BCUT2D eigenvalue weighted by molar-refractivity contribution is -0.384. The van der Waals surface area contributed by atoms with Gasteiger partial charge in [0.25, 0.3) is 5.69 Å². The third-order valence-electron chi connectivity index (χ3n) is 5.30. The van der Waals surface area contributed by atoms with Crippen LogP contribution in [-0.2, 0) is 5.41 Å². The number of benzene rings is 1. The molecular formula is C19H15N5O2. The van der Waals surface area contributed by atoms with Gasteiger partial charge in [-0.15, -0.1) is 0 Å². The van der Waals surface area contributed by atoms with Crippen molar-refractivity contribution in [3.8, 4) is 18.2 Å². The number of nitrogens with zero attached hydrogens (tertiary/aromatic N) is 4. The number of nitriles is 3. The molecule has 0 radical (unpaired) electrons. The van der Waals surface area contributed by atoms with Gasteiger partial charge in [0.2, 0.25) is 0 Å². The van der Waals surface area contributed by atoms with Crippen molar-refractivity contribution >= 4 is 5.69 Å². The van der Waals surface area contributed by atoms with Crippen LogP contribution in [0.4, 0.5) is 5.69 Å². The van der Waals surface area contributed by atoms with E-state index in [1.165, 1.54) is 24.3 Å². The van der Waals surface area contributed by atoms with Gasteiger partial charge in [0.05, 0.1) is 34.2 Å². The summed E-state index contributed by atoms with van der Waals surface area (Å²) in [6, 6.07) is 12.0. The Kier molecular flexibility index (Phi) is 4.20. The Morgan fingerprint density at radius 3 is 2.46 bits per heavy atom. The van der Waals surface area contributed by atoms with Gasteiger partial charge in [-0.3, -0.25) is 10.1 Å². The molecule has 0 fully saturated rings. The molecular weight excluding hydrogens is 330 g/mol. The first-order chi connectivity index (χ1) is 12.5. The summed E-state index contributed by atoms with van der Waals surface area (Å²) < 4.78 is 0. The van der Waals surface area contributed by atoms with Crippen LogP contribution in [0.15, 0.2) is 47.2 Å². The molecule has 0 heterocycles. The number of hydrogen-bond acceptors (Lipinski definition) is 6. The number of rotatable bonds is 2. The normalized spacial score (nSPS) is 27.3. The molecule has 2 aliphatic rings. The average Bonchev–Trinajstić information content (AvgIpc) is 2.67. The highest BCUT2D eigenvalue weighted by molar-refractivity contribution is 5.61. The number of nitrogens with two attached hydrogens (primary N) is 1. The Bertz CT molecular complexity index is 956. The molecule has 1 aromatic rings. The second kappa shape index (κ2) is 6.35. The number of nitro groups is 1. The van der Waals surface area contributed by atoms with E-state index in [1.807, 2.05) is 6.08 Å². The van der Waals surface area contributed by atoms with Crippen LogP contribution >= 0.6 is 0 Å². The van der Waals surface area contributed by atoms with E-state index in [9.17, 15) is 25.9 Å². The van der Waals surface area contributed by atoms with Crippen molar-refractivity contribution in [2.45, 2.75) is 24.7 Å². The topological polar surface area (TPSA) is 141 Å². The molecule has 7 heteroatoms. The van der Waals surface area contributed by atoms with Crippen LogP contribution < -0.4 is 5.73 Å². The van der Waals surface area contributed by atoms with Crippen LogP contribution in [0, 0.1) is 55.9 Å². The summed E-state index contributed by atoms with van der Waals surface area (Å²) in [5.41, 5.74) is 6.11. The van der Waals surface area contributed by atoms with Crippen molar-refractivity contribution in [2.75, 3.05) is 0 Å². The standard InChI is InChI=1S/C19H15N5O2/c20-9-16-14-3-1-2-4-15(14)17(10-21)19(11-22,18(16)23)12-5-7-13(8-6-12)24(25)26/h3,5-8,15,17H,1-2,4,23H2. The maximum Gasteiger partial charge on any atom is 0.269 e. The van der Waals surface area contributed by atoms with Gasteiger partial charge in [-0.05, 0) is 30.4 Å². The number of nitro benzene ring substituents is 1. The second-order valence-electron chi connectivity index (χ2n) is 6.43. The molecule has 0 aliphatic heterocycles. The zero-order valence-electron chi connectivity index (χ0n) is 13.8. The maximum atomic E-state index is 10.9. The first kappa shape index (κ1) is 17.2. The summed E-state index contributed by atoms with van der Waals surface area (Å²) in [7, 11) is 0. The van der Waals surface area contributed by atoms with E-state index in [0.29, 0.717) is 12.0 Å². The Morgan fingerprint density at radius 1 is 1.23 bits per heavy atom. The van der Waals surface area contributed by atoms with Gasteiger partial charge in [-0.25, -0.2) is 0 Å².